The zero-order valence-electron chi connectivity index (χ0n) is 17.9. The van der Waals surface area contributed by atoms with Gasteiger partial charge < -0.3 is 28.4 Å². The van der Waals surface area contributed by atoms with Gasteiger partial charge in [-0.15, -0.1) is 0 Å². The molecule has 0 saturated heterocycles. The Morgan fingerprint density at radius 3 is 0.963 bits per heavy atom. The lowest BCUT2D eigenvalue weighted by atomic mass is 10.2. The van der Waals surface area contributed by atoms with Gasteiger partial charge in [0.25, 0.3) is 0 Å². The normalized spacial score (nSPS) is 11.3. The third-order valence-corrected chi connectivity index (χ3v) is 3.89. The van der Waals surface area contributed by atoms with E-state index in [9.17, 15) is 0 Å². The zero-order chi connectivity index (χ0) is 19.7. The van der Waals surface area contributed by atoms with Gasteiger partial charge in [-0.05, 0) is 12.8 Å². The number of rotatable bonds is 24. The summed E-state index contributed by atoms with van der Waals surface area (Å²) in [4.78, 5) is 0. The van der Waals surface area contributed by atoms with Crippen LogP contribution < -0.4 is 0 Å². The van der Waals surface area contributed by atoms with Crippen LogP contribution in [0.3, 0.4) is 0 Å². The number of unbranched alkanes of at least 4 members (excludes halogenated alkanes) is 5. The molecule has 0 atom stereocenters. The van der Waals surface area contributed by atoms with Crippen LogP contribution in [0.1, 0.15) is 58.8 Å². The van der Waals surface area contributed by atoms with Crippen molar-refractivity contribution in [3.05, 3.63) is 0 Å². The molecule has 164 valence electrons. The van der Waals surface area contributed by atoms with Gasteiger partial charge in [0.05, 0.1) is 66.1 Å². The van der Waals surface area contributed by atoms with Crippen LogP contribution in [0.4, 0.5) is 0 Å². The van der Waals surface area contributed by atoms with Crippen molar-refractivity contribution in [3.8, 4) is 0 Å². The fourth-order valence-corrected chi connectivity index (χ4v) is 2.26. The highest BCUT2D eigenvalue weighted by Gasteiger charge is 1.94. The molecule has 27 heavy (non-hydrogen) atoms. The third-order valence-electron chi connectivity index (χ3n) is 3.89. The monoisotopic (exact) mass is 392 g/mol. The first kappa shape index (κ1) is 26.8. The first-order chi connectivity index (χ1) is 13.4. The molecule has 0 radical (unpaired) electrons. The summed E-state index contributed by atoms with van der Waals surface area (Å²) < 4.78 is 32.7. The average molecular weight is 393 g/mol. The van der Waals surface area contributed by atoms with E-state index >= 15 is 0 Å². The van der Waals surface area contributed by atoms with Crippen molar-refractivity contribution < 1.29 is 28.4 Å². The molecule has 0 aliphatic rings. The maximum atomic E-state index is 5.53. The molecular weight excluding hydrogens is 348 g/mol. The highest BCUT2D eigenvalue weighted by atomic mass is 16.6. The molecule has 0 amide bonds. The Hall–Kier alpha value is -0.240. The van der Waals surface area contributed by atoms with Crippen molar-refractivity contribution in [2.75, 3.05) is 79.3 Å². The summed E-state index contributed by atoms with van der Waals surface area (Å²) in [5.74, 6) is 0. The van der Waals surface area contributed by atoms with Gasteiger partial charge in [-0.2, -0.15) is 0 Å². The predicted octanol–water partition coefficient (Wildman–Crippen LogP) is 3.86. The van der Waals surface area contributed by atoms with Crippen molar-refractivity contribution in [2.24, 2.45) is 0 Å². The Balaban J connectivity index is 2.95. The zero-order valence-corrected chi connectivity index (χ0v) is 17.9. The van der Waals surface area contributed by atoms with Crippen LogP contribution in [0.2, 0.25) is 0 Å². The van der Waals surface area contributed by atoms with E-state index in [1.807, 2.05) is 0 Å². The van der Waals surface area contributed by atoms with E-state index in [0.717, 1.165) is 32.5 Å². The second kappa shape index (κ2) is 25.8. The summed E-state index contributed by atoms with van der Waals surface area (Å²) in [5, 5.41) is 0. The Morgan fingerprint density at radius 2 is 0.593 bits per heavy atom. The molecule has 6 heteroatoms. The summed E-state index contributed by atoms with van der Waals surface area (Å²) in [5.41, 5.74) is 0. The number of hydrogen-bond acceptors (Lipinski definition) is 6. The van der Waals surface area contributed by atoms with Crippen molar-refractivity contribution in [2.45, 2.75) is 58.8 Å². The predicted molar refractivity (Wildman–Crippen MR) is 109 cm³/mol. The van der Waals surface area contributed by atoms with Gasteiger partial charge in [0.1, 0.15) is 0 Å². The molecule has 0 aromatic rings. The van der Waals surface area contributed by atoms with Crippen LogP contribution >= 0.6 is 0 Å². The van der Waals surface area contributed by atoms with Gasteiger partial charge in [-0.25, -0.2) is 0 Å². The molecule has 0 unspecified atom stereocenters. The van der Waals surface area contributed by atoms with E-state index in [4.69, 9.17) is 28.4 Å². The van der Waals surface area contributed by atoms with Gasteiger partial charge in [0, 0.05) is 13.2 Å². The minimum absolute atomic E-state index is 0.581. The SMILES string of the molecule is CCCCCCCOCCOCCOCCOCCOCCOCCCC. The third kappa shape index (κ3) is 25.8. The highest BCUT2D eigenvalue weighted by molar-refractivity contribution is 4.42. The van der Waals surface area contributed by atoms with Crippen LogP contribution in [0.15, 0.2) is 0 Å². The molecule has 0 bridgehead atoms. The van der Waals surface area contributed by atoms with Gasteiger partial charge in [0.2, 0.25) is 0 Å². The minimum Gasteiger partial charge on any atom is -0.379 e. The first-order valence-electron chi connectivity index (χ1n) is 10.9. The molecule has 0 aromatic heterocycles. The summed E-state index contributed by atoms with van der Waals surface area (Å²) in [6, 6.07) is 0. The lowest BCUT2D eigenvalue weighted by Crippen LogP contribution is -2.14. The molecule has 0 aliphatic heterocycles. The van der Waals surface area contributed by atoms with Crippen molar-refractivity contribution >= 4 is 0 Å². The smallest absolute Gasteiger partial charge is 0.0701 e. The van der Waals surface area contributed by atoms with E-state index in [-0.39, 0.29) is 0 Å². The van der Waals surface area contributed by atoms with Crippen LogP contribution in [0, 0.1) is 0 Å². The van der Waals surface area contributed by atoms with Gasteiger partial charge in [0.15, 0.2) is 0 Å². The molecule has 0 rings (SSSR count). The second-order valence-electron chi connectivity index (χ2n) is 6.44. The van der Waals surface area contributed by atoms with E-state index in [1.165, 1.54) is 25.7 Å². The number of hydrogen-bond donors (Lipinski definition) is 0. The standard InChI is InChI=1S/C21H44O6/c1-3-5-7-8-9-11-23-13-15-25-17-19-27-21-20-26-18-16-24-14-12-22-10-6-4-2/h3-21H2,1-2H3. The van der Waals surface area contributed by atoms with Gasteiger partial charge in [-0.1, -0.05) is 46.0 Å². The summed E-state index contributed by atoms with van der Waals surface area (Å²) in [6.45, 7) is 12.2. The van der Waals surface area contributed by atoms with Crippen molar-refractivity contribution in [1.29, 1.82) is 0 Å². The molecule has 0 spiro atoms. The van der Waals surface area contributed by atoms with Gasteiger partial charge >= 0.3 is 0 Å². The molecule has 0 aliphatic carbocycles. The summed E-state index contributed by atoms with van der Waals surface area (Å²) >= 11 is 0. The molecular formula is C21H44O6. The lowest BCUT2D eigenvalue weighted by Gasteiger charge is -2.08. The highest BCUT2D eigenvalue weighted by Crippen LogP contribution is 2.02. The molecule has 0 heterocycles. The van der Waals surface area contributed by atoms with Crippen molar-refractivity contribution in [1.82, 2.24) is 0 Å². The molecule has 0 fully saturated rings. The average Bonchev–Trinajstić information content (AvgIpc) is 2.68. The largest absolute Gasteiger partial charge is 0.379 e. The molecule has 0 N–H and O–H groups in total. The number of ether oxygens (including phenoxy) is 6. The van der Waals surface area contributed by atoms with E-state index < -0.39 is 0 Å². The van der Waals surface area contributed by atoms with E-state index in [2.05, 4.69) is 13.8 Å². The lowest BCUT2D eigenvalue weighted by molar-refractivity contribution is -0.0169. The van der Waals surface area contributed by atoms with Crippen LogP contribution in [-0.2, 0) is 28.4 Å². The fraction of sp³-hybridized carbons (Fsp3) is 1.00. The fourth-order valence-electron chi connectivity index (χ4n) is 2.26. The Kier molecular flexibility index (Phi) is 25.5. The maximum Gasteiger partial charge on any atom is 0.0701 e. The van der Waals surface area contributed by atoms with Crippen LogP contribution in [0.5, 0.6) is 0 Å². The maximum absolute atomic E-state index is 5.53. The Bertz CT molecular complexity index is 229. The second-order valence-corrected chi connectivity index (χ2v) is 6.44. The van der Waals surface area contributed by atoms with Crippen molar-refractivity contribution in [3.63, 3.8) is 0 Å². The first-order valence-corrected chi connectivity index (χ1v) is 10.9. The van der Waals surface area contributed by atoms with Crippen LogP contribution in [0.25, 0.3) is 0 Å². The van der Waals surface area contributed by atoms with Crippen LogP contribution in [-0.4, -0.2) is 79.3 Å². The molecule has 0 aromatic carbocycles. The summed E-state index contributed by atoms with van der Waals surface area (Å²) in [7, 11) is 0. The van der Waals surface area contributed by atoms with E-state index in [1.54, 1.807) is 0 Å². The quantitative estimate of drug-likeness (QED) is 0.233. The molecule has 0 saturated carbocycles. The Labute approximate surface area is 167 Å². The van der Waals surface area contributed by atoms with Gasteiger partial charge in [-0.3, -0.25) is 0 Å². The topological polar surface area (TPSA) is 55.4 Å². The summed E-state index contributed by atoms with van der Waals surface area (Å²) in [6.07, 6.45) is 8.63. The van der Waals surface area contributed by atoms with E-state index in [0.29, 0.717) is 66.1 Å². The minimum atomic E-state index is 0.581. The Morgan fingerprint density at radius 1 is 0.296 bits per heavy atom. The molecule has 6 nitrogen and oxygen atoms in total.